The van der Waals surface area contributed by atoms with Crippen LogP contribution in [-0.2, 0) is 5.41 Å². The molecule has 0 bridgehead atoms. The number of benzene rings is 1. The molecule has 1 aromatic carbocycles. The quantitative estimate of drug-likeness (QED) is 0.589. The molecule has 0 N–H and O–H groups in total. The predicted octanol–water partition coefficient (Wildman–Crippen LogP) is 5.53. The second-order valence-electron chi connectivity index (χ2n) is 6.35. The average Bonchev–Trinajstić information content (AvgIpc) is 2.68. The molecule has 0 heterocycles. The van der Waals surface area contributed by atoms with Gasteiger partial charge in [0.05, 0.1) is 0 Å². The van der Waals surface area contributed by atoms with Crippen molar-refractivity contribution in [2.75, 3.05) is 0 Å². The molecule has 0 radical (unpaired) electrons. The van der Waals surface area contributed by atoms with Gasteiger partial charge in [-0.05, 0) is 40.3 Å². The Balaban J connectivity index is 2.03. The number of rotatable bonds is 0. The van der Waals surface area contributed by atoms with Crippen molar-refractivity contribution in [3.8, 4) is 0 Å². The molecule has 3 aliphatic rings. The molecule has 0 saturated heterocycles. The van der Waals surface area contributed by atoms with E-state index in [1.54, 1.807) is 0 Å². The SMILES string of the molecule is CC1(C)C2=C3C=C(Br)C=CC3CC=C2c2ccccc21. The first kappa shape index (κ1) is 12.4. The van der Waals surface area contributed by atoms with Crippen LogP contribution in [0.5, 0.6) is 0 Å². The van der Waals surface area contributed by atoms with Crippen LogP contribution in [0.15, 0.2) is 64.2 Å². The maximum absolute atomic E-state index is 3.64. The van der Waals surface area contributed by atoms with E-state index in [0.29, 0.717) is 5.92 Å². The van der Waals surface area contributed by atoms with Gasteiger partial charge in [-0.25, -0.2) is 0 Å². The lowest BCUT2D eigenvalue weighted by molar-refractivity contribution is 0.633. The van der Waals surface area contributed by atoms with Gasteiger partial charge in [-0.3, -0.25) is 0 Å². The Morgan fingerprint density at radius 3 is 2.85 bits per heavy atom. The maximum atomic E-state index is 3.64. The van der Waals surface area contributed by atoms with Gasteiger partial charge in [0.25, 0.3) is 0 Å². The van der Waals surface area contributed by atoms with Gasteiger partial charge in [-0.1, -0.05) is 72.3 Å². The number of hydrogen-bond acceptors (Lipinski definition) is 0. The van der Waals surface area contributed by atoms with Crippen LogP contribution in [-0.4, -0.2) is 0 Å². The molecule has 20 heavy (non-hydrogen) atoms. The highest BCUT2D eigenvalue weighted by Crippen LogP contribution is 2.55. The van der Waals surface area contributed by atoms with Crippen molar-refractivity contribution in [2.45, 2.75) is 25.7 Å². The van der Waals surface area contributed by atoms with Crippen molar-refractivity contribution in [3.63, 3.8) is 0 Å². The first-order valence-electron chi connectivity index (χ1n) is 7.19. The first-order chi connectivity index (χ1) is 9.59. The van der Waals surface area contributed by atoms with E-state index in [0.717, 1.165) is 6.42 Å². The fraction of sp³-hybridized carbons (Fsp3) is 0.263. The van der Waals surface area contributed by atoms with Crippen LogP contribution in [0.2, 0.25) is 0 Å². The minimum atomic E-state index is 0.103. The van der Waals surface area contributed by atoms with Crippen molar-refractivity contribution in [1.29, 1.82) is 0 Å². The number of fused-ring (bicyclic) bond motifs is 4. The summed E-state index contributed by atoms with van der Waals surface area (Å²) >= 11 is 3.64. The Hall–Kier alpha value is -1.34. The van der Waals surface area contributed by atoms with E-state index in [-0.39, 0.29) is 5.41 Å². The molecule has 0 saturated carbocycles. The molecule has 0 aliphatic heterocycles. The third-order valence-electron chi connectivity index (χ3n) is 4.83. The summed E-state index contributed by atoms with van der Waals surface area (Å²) in [6.45, 7) is 4.72. The molecule has 0 fully saturated rings. The van der Waals surface area contributed by atoms with Crippen LogP contribution in [0, 0.1) is 5.92 Å². The third kappa shape index (κ3) is 1.53. The summed E-state index contributed by atoms with van der Waals surface area (Å²) in [5, 5.41) is 0. The molecule has 1 heteroatoms. The van der Waals surface area contributed by atoms with E-state index in [4.69, 9.17) is 0 Å². The van der Waals surface area contributed by atoms with E-state index in [9.17, 15) is 0 Å². The zero-order valence-electron chi connectivity index (χ0n) is 11.8. The lowest BCUT2D eigenvalue weighted by Gasteiger charge is -2.31. The Kier molecular flexibility index (Phi) is 2.53. The van der Waals surface area contributed by atoms with Gasteiger partial charge in [-0.2, -0.15) is 0 Å². The van der Waals surface area contributed by atoms with Crippen LogP contribution in [0.4, 0.5) is 0 Å². The molecule has 3 aliphatic carbocycles. The number of hydrogen-bond donors (Lipinski definition) is 0. The zero-order valence-corrected chi connectivity index (χ0v) is 13.4. The van der Waals surface area contributed by atoms with E-state index < -0.39 is 0 Å². The van der Waals surface area contributed by atoms with E-state index >= 15 is 0 Å². The average molecular weight is 325 g/mol. The molecular formula is C19H17Br. The molecule has 1 atom stereocenters. The molecule has 100 valence electrons. The van der Waals surface area contributed by atoms with Gasteiger partial charge < -0.3 is 0 Å². The zero-order chi connectivity index (χ0) is 13.9. The summed E-state index contributed by atoms with van der Waals surface area (Å²) in [5.41, 5.74) is 7.48. The van der Waals surface area contributed by atoms with Gasteiger partial charge in [0.15, 0.2) is 0 Å². The summed E-state index contributed by atoms with van der Waals surface area (Å²) in [4.78, 5) is 0. The maximum Gasteiger partial charge on any atom is 0.0175 e. The van der Waals surface area contributed by atoms with Gasteiger partial charge in [0.1, 0.15) is 0 Å². The molecule has 0 amide bonds. The van der Waals surface area contributed by atoms with Crippen molar-refractivity contribution in [3.05, 3.63) is 75.3 Å². The lowest BCUT2D eigenvalue weighted by Crippen LogP contribution is -2.21. The summed E-state index contributed by atoms with van der Waals surface area (Å²) in [7, 11) is 0. The molecule has 1 unspecified atom stereocenters. The topological polar surface area (TPSA) is 0 Å². The number of allylic oxidation sites excluding steroid dienone is 8. The first-order valence-corrected chi connectivity index (χ1v) is 7.99. The summed E-state index contributed by atoms with van der Waals surface area (Å²) in [6.07, 6.45) is 10.4. The Labute approximate surface area is 128 Å². The van der Waals surface area contributed by atoms with E-state index in [2.05, 4.69) is 78.3 Å². The van der Waals surface area contributed by atoms with Crippen molar-refractivity contribution >= 4 is 21.5 Å². The third-order valence-corrected chi connectivity index (χ3v) is 5.32. The fourth-order valence-electron chi connectivity index (χ4n) is 3.92. The molecule has 0 aromatic heterocycles. The van der Waals surface area contributed by atoms with Gasteiger partial charge in [0, 0.05) is 15.8 Å². The van der Waals surface area contributed by atoms with Crippen molar-refractivity contribution < 1.29 is 0 Å². The monoisotopic (exact) mass is 324 g/mol. The lowest BCUT2D eigenvalue weighted by atomic mass is 9.73. The van der Waals surface area contributed by atoms with Gasteiger partial charge in [-0.15, -0.1) is 0 Å². The highest BCUT2D eigenvalue weighted by Gasteiger charge is 2.41. The normalized spacial score (nSPS) is 25.6. The van der Waals surface area contributed by atoms with Crippen LogP contribution >= 0.6 is 15.9 Å². The van der Waals surface area contributed by atoms with Crippen molar-refractivity contribution in [1.82, 2.24) is 0 Å². The molecule has 4 rings (SSSR count). The van der Waals surface area contributed by atoms with Gasteiger partial charge >= 0.3 is 0 Å². The molecule has 0 spiro atoms. The van der Waals surface area contributed by atoms with Crippen LogP contribution < -0.4 is 0 Å². The fourth-order valence-corrected chi connectivity index (χ4v) is 4.32. The summed E-state index contributed by atoms with van der Waals surface area (Å²) in [6, 6.07) is 8.87. The molecular weight excluding hydrogens is 308 g/mol. The van der Waals surface area contributed by atoms with E-state index in [1.165, 1.54) is 32.3 Å². The van der Waals surface area contributed by atoms with Crippen LogP contribution in [0.25, 0.3) is 5.57 Å². The predicted molar refractivity (Wildman–Crippen MR) is 88.7 cm³/mol. The molecule has 1 aromatic rings. The highest BCUT2D eigenvalue weighted by molar-refractivity contribution is 9.11. The Morgan fingerprint density at radius 1 is 1.20 bits per heavy atom. The number of halogens is 1. The van der Waals surface area contributed by atoms with Crippen LogP contribution in [0.3, 0.4) is 0 Å². The van der Waals surface area contributed by atoms with Crippen LogP contribution in [0.1, 0.15) is 31.4 Å². The largest absolute Gasteiger partial charge is 0.0756 e. The van der Waals surface area contributed by atoms with Crippen molar-refractivity contribution in [2.24, 2.45) is 5.92 Å². The summed E-state index contributed by atoms with van der Waals surface area (Å²) < 4.78 is 1.18. The van der Waals surface area contributed by atoms with Gasteiger partial charge in [0.2, 0.25) is 0 Å². The minimum Gasteiger partial charge on any atom is -0.0756 e. The minimum absolute atomic E-state index is 0.103. The smallest absolute Gasteiger partial charge is 0.0175 e. The Morgan fingerprint density at radius 2 is 2.00 bits per heavy atom. The Bertz CT molecular complexity index is 726. The highest BCUT2D eigenvalue weighted by atomic mass is 79.9. The second kappa shape index (κ2) is 4.08. The molecule has 0 nitrogen and oxygen atoms in total. The van der Waals surface area contributed by atoms with E-state index in [1.807, 2.05) is 0 Å². The summed E-state index contributed by atoms with van der Waals surface area (Å²) in [5.74, 6) is 0.545. The standard InChI is InChI=1S/C19H17Br/c1-19(2)17-6-4-3-5-14(17)15-10-8-12-7-9-13(20)11-16(12)18(15)19/h3-7,9-12H,8H2,1-2H3. The second-order valence-corrected chi connectivity index (χ2v) is 7.26.